The second kappa shape index (κ2) is 8.37. The first kappa shape index (κ1) is 19.8. The number of benzene rings is 2. The van der Waals surface area contributed by atoms with Gasteiger partial charge in [0.15, 0.2) is 0 Å². The largest absolute Gasteiger partial charge is 0.493 e. The fourth-order valence-electron chi connectivity index (χ4n) is 3.22. The lowest BCUT2D eigenvalue weighted by Crippen LogP contribution is -2.51. The maximum atomic E-state index is 13.9. The van der Waals surface area contributed by atoms with Gasteiger partial charge in [-0.05, 0) is 24.1 Å². The molecule has 1 aliphatic heterocycles. The van der Waals surface area contributed by atoms with Crippen molar-refractivity contribution in [3.8, 4) is 5.75 Å². The summed E-state index contributed by atoms with van der Waals surface area (Å²) in [6.45, 7) is 3.96. The van der Waals surface area contributed by atoms with E-state index >= 15 is 0 Å². The molecule has 148 valence electrons. The Hall–Kier alpha value is -2.96. The van der Waals surface area contributed by atoms with Crippen LogP contribution in [0.25, 0.3) is 0 Å². The van der Waals surface area contributed by atoms with E-state index in [1.807, 2.05) is 24.3 Å². The van der Waals surface area contributed by atoms with Crippen LogP contribution in [0.1, 0.15) is 42.2 Å². The third-order valence-electron chi connectivity index (χ3n) is 4.70. The van der Waals surface area contributed by atoms with Gasteiger partial charge in [0.1, 0.15) is 29.0 Å². The number of halogens is 2. The zero-order valence-electron chi connectivity index (χ0n) is 15.7. The Balaban J connectivity index is 1.76. The van der Waals surface area contributed by atoms with Crippen molar-refractivity contribution in [3.05, 3.63) is 65.2 Å². The van der Waals surface area contributed by atoms with E-state index in [4.69, 9.17) is 4.74 Å². The van der Waals surface area contributed by atoms with Gasteiger partial charge >= 0.3 is 0 Å². The number of carbonyl (C=O) groups excluding carboxylic acids is 2. The van der Waals surface area contributed by atoms with E-state index in [0.717, 1.165) is 17.7 Å². The van der Waals surface area contributed by atoms with Crippen LogP contribution in [0.15, 0.2) is 42.5 Å². The molecule has 3 rings (SSSR count). The number of amides is 2. The maximum absolute atomic E-state index is 13.9. The van der Waals surface area contributed by atoms with Crippen molar-refractivity contribution in [2.75, 3.05) is 6.61 Å². The lowest BCUT2D eigenvalue weighted by atomic mass is 9.98. The number of hydrogen-bond acceptors (Lipinski definition) is 3. The van der Waals surface area contributed by atoms with Crippen molar-refractivity contribution in [1.29, 1.82) is 0 Å². The molecule has 0 saturated carbocycles. The molecule has 0 aliphatic carbocycles. The molecule has 7 heteroatoms. The molecule has 1 heterocycles. The molecule has 1 unspecified atom stereocenters. The van der Waals surface area contributed by atoms with Crippen LogP contribution in [-0.4, -0.2) is 24.5 Å². The molecule has 0 spiro atoms. The summed E-state index contributed by atoms with van der Waals surface area (Å²) in [5.74, 6) is -2.90. The SMILES string of the molecule is CC(C)[C@H](NC(=O)c1c(F)cccc1F)C(=O)NC1CCOc2ccccc21. The Bertz CT molecular complexity index is 865. The molecule has 0 saturated heterocycles. The number of para-hydroxylation sites is 1. The van der Waals surface area contributed by atoms with Crippen molar-refractivity contribution in [3.63, 3.8) is 0 Å². The monoisotopic (exact) mass is 388 g/mol. The number of fused-ring (bicyclic) bond motifs is 1. The summed E-state index contributed by atoms with van der Waals surface area (Å²) in [5, 5.41) is 5.39. The molecule has 0 radical (unpaired) electrons. The van der Waals surface area contributed by atoms with Crippen LogP contribution in [-0.2, 0) is 4.79 Å². The van der Waals surface area contributed by atoms with Crippen LogP contribution in [0.4, 0.5) is 8.78 Å². The molecule has 0 aromatic heterocycles. The van der Waals surface area contributed by atoms with Gasteiger partial charge in [-0.1, -0.05) is 38.1 Å². The predicted molar refractivity (Wildman–Crippen MR) is 99.9 cm³/mol. The van der Waals surface area contributed by atoms with Crippen LogP contribution in [0.5, 0.6) is 5.75 Å². The molecule has 1 aliphatic rings. The van der Waals surface area contributed by atoms with E-state index < -0.39 is 35.1 Å². The Labute approximate surface area is 162 Å². The Morgan fingerprint density at radius 3 is 2.43 bits per heavy atom. The molecule has 5 nitrogen and oxygen atoms in total. The van der Waals surface area contributed by atoms with Gasteiger partial charge < -0.3 is 15.4 Å². The lowest BCUT2D eigenvalue weighted by molar-refractivity contribution is -0.124. The van der Waals surface area contributed by atoms with E-state index in [1.54, 1.807) is 13.8 Å². The molecule has 2 N–H and O–H groups in total. The number of nitrogens with one attached hydrogen (secondary N) is 2. The van der Waals surface area contributed by atoms with Gasteiger partial charge in [0.2, 0.25) is 5.91 Å². The summed E-state index contributed by atoms with van der Waals surface area (Å²) < 4.78 is 33.3. The standard InChI is InChI=1S/C21H22F2N2O3/c1-12(2)19(25-20(26)18-14(22)7-5-8-15(18)23)21(27)24-16-10-11-28-17-9-4-3-6-13(16)17/h3-9,12,16,19H,10-11H2,1-2H3,(H,24,27)(H,25,26)/t16?,19-/m0/s1. The second-order valence-corrected chi connectivity index (χ2v) is 7.03. The molecule has 28 heavy (non-hydrogen) atoms. The molecule has 2 atom stereocenters. The van der Waals surface area contributed by atoms with Crippen LogP contribution >= 0.6 is 0 Å². The third-order valence-corrected chi connectivity index (χ3v) is 4.70. The fourth-order valence-corrected chi connectivity index (χ4v) is 3.22. The normalized spacial score (nSPS) is 16.7. The van der Waals surface area contributed by atoms with E-state index in [2.05, 4.69) is 10.6 Å². The van der Waals surface area contributed by atoms with Crippen molar-refractivity contribution in [1.82, 2.24) is 10.6 Å². The minimum Gasteiger partial charge on any atom is -0.493 e. The van der Waals surface area contributed by atoms with Crippen LogP contribution < -0.4 is 15.4 Å². The topological polar surface area (TPSA) is 67.4 Å². The summed E-state index contributed by atoms with van der Waals surface area (Å²) in [6.07, 6.45) is 0.587. The smallest absolute Gasteiger partial charge is 0.257 e. The highest BCUT2D eigenvalue weighted by atomic mass is 19.1. The summed E-state index contributed by atoms with van der Waals surface area (Å²) in [5.41, 5.74) is 0.161. The van der Waals surface area contributed by atoms with Gasteiger partial charge in [-0.3, -0.25) is 9.59 Å². The quantitative estimate of drug-likeness (QED) is 0.825. The predicted octanol–water partition coefficient (Wildman–Crippen LogP) is 3.36. The number of hydrogen-bond donors (Lipinski definition) is 2. The Morgan fingerprint density at radius 1 is 1.07 bits per heavy atom. The highest BCUT2D eigenvalue weighted by molar-refractivity contribution is 5.98. The highest BCUT2D eigenvalue weighted by Gasteiger charge is 2.30. The van der Waals surface area contributed by atoms with Crippen molar-refractivity contribution in [2.24, 2.45) is 5.92 Å². The van der Waals surface area contributed by atoms with Gasteiger partial charge in [-0.25, -0.2) is 8.78 Å². The first-order chi connectivity index (χ1) is 13.4. The molecule has 0 bridgehead atoms. The molecular weight excluding hydrogens is 366 g/mol. The lowest BCUT2D eigenvalue weighted by Gasteiger charge is -2.29. The Kier molecular flexibility index (Phi) is 5.92. The fraction of sp³-hybridized carbons (Fsp3) is 0.333. The first-order valence-corrected chi connectivity index (χ1v) is 9.15. The van der Waals surface area contributed by atoms with Gasteiger partial charge in [-0.15, -0.1) is 0 Å². The van der Waals surface area contributed by atoms with Gasteiger partial charge in [0.05, 0.1) is 12.6 Å². The number of carbonyl (C=O) groups is 2. The van der Waals surface area contributed by atoms with E-state index in [1.165, 1.54) is 6.07 Å². The zero-order chi connectivity index (χ0) is 20.3. The Morgan fingerprint density at radius 2 is 1.75 bits per heavy atom. The number of rotatable bonds is 5. The second-order valence-electron chi connectivity index (χ2n) is 7.03. The highest BCUT2D eigenvalue weighted by Crippen LogP contribution is 2.31. The summed E-state index contributed by atoms with van der Waals surface area (Å²) in [6, 6.07) is 9.38. The summed E-state index contributed by atoms with van der Waals surface area (Å²) >= 11 is 0. The summed E-state index contributed by atoms with van der Waals surface area (Å²) in [4.78, 5) is 25.3. The molecule has 2 aromatic rings. The number of ether oxygens (including phenoxy) is 1. The van der Waals surface area contributed by atoms with E-state index in [-0.39, 0.29) is 12.0 Å². The van der Waals surface area contributed by atoms with Crippen LogP contribution in [0.2, 0.25) is 0 Å². The van der Waals surface area contributed by atoms with Crippen LogP contribution in [0, 0.1) is 17.6 Å². The minimum atomic E-state index is -0.973. The van der Waals surface area contributed by atoms with E-state index in [0.29, 0.717) is 18.8 Å². The van der Waals surface area contributed by atoms with Gasteiger partial charge in [0, 0.05) is 12.0 Å². The van der Waals surface area contributed by atoms with Gasteiger partial charge in [-0.2, -0.15) is 0 Å². The summed E-state index contributed by atoms with van der Waals surface area (Å²) in [7, 11) is 0. The minimum absolute atomic E-state index is 0.263. The molecule has 2 aromatic carbocycles. The van der Waals surface area contributed by atoms with Gasteiger partial charge in [0.25, 0.3) is 5.91 Å². The zero-order valence-corrected chi connectivity index (χ0v) is 15.7. The van der Waals surface area contributed by atoms with Crippen molar-refractivity contribution < 1.29 is 23.1 Å². The average Bonchev–Trinajstić information content (AvgIpc) is 2.66. The molecular formula is C21H22F2N2O3. The molecule has 0 fully saturated rings. The van der Waals surface area contributed by atoms with Crippen LogP contribution in [0.3, 0.4) is 0 Å². The first-order valence-electron chi connectivity index (χ1n) is 9.15. The van der Waals surface area contributed by atoms with Crippen molar-refractivity contribution in [2.45, 2.75) is 32.4 Å². The maximum Gasteiger partial charge on any atom is 0.257 e. The third kappa shape index (κ3) is 4.13. The van der Waals surface area contributed by atoms with Crippen molar-refractivity contribution >= 4 is 11.8 Å². The van der Waals surface area contributed by atoms with E-state index in [9.17, 15) is 18.4 Å². The molecule has 2 amide bonds. The average molecular weight is 388 g/mol.